The predicted molar refractivity (Wildman–Crippen MR) is 82.1 cm³/mol. The zero-order valence-corrected chi connectivity index (χ0v) is 12.9. The van der Waals surface area contributed by atoms with Gasteiger partial charge in [-0.3, -0.25) is 4.90 Å². The Hall–Kier alpha value is -0.900. The lowest BCUT2D eigenvalue weighted by Gasteiger charge is -2.34. The van der Waals surface area contributed by atoms with Crippen LogP contribution in [0.5, 0.6) is 0 Å². The monoisotopic (exact) mass is 277 g/mol. The van der Waals surface area contributed by atoms with E-state index < -0.39 is 6.10 Å². The summed E-state index contributed by atoms with van der Waals surface area (Å²) in [6.45, 7) is 10.1. The Morgan fingerprint density at radius 2 is 2.00 bits per heavy atom. The van der Waals surface area contributed by atoms with Crippen molar-refractivity contribution >= 4 is 0 Å². The molecule has 2 unspecified atom stereocenters. The molecule has 1 aromatic rings. The van der Waals surface area contributed by atoms with E-state index in [0.29, 0.717) is 12.3 Å². The number of benzene rings is 1. The number of aliphatic hydroxyl groups excluding tert-OH is 1. The molecule has 1 aromatic carbocycles. The van der Waals surface area contributed by atoms with Crippen molar-refractivity contribution in [1.29, 1.82) is 0 Å². The highest BCUT2D eigenvalue weighted by Gasteiger charge is 2.26. The molecule has 0 spiro atoms. The summed E-state index contributed by atoms with van der Waals surface area (Å²) < 4.78 is 5.71. The molecule has 112 valence electrons. The van der Waals surface area contributed by atoms with Crippen molar-refractivity contribution in [1.82, 2.24) is 4.90 Å². The Kier molecular flexibility index (Phi) is 5.58. The molecule has 0 saturated carbocycles. The highest BCUT2D eigenvalue weighted by Crippen LogP contribution is 2.17. The normalized spacial score (nSPS) is 22.1. The minimum atomic E-state index is -0.422. The van der Waals surface area contributed by atoms with Crippen LogP contribution in [0.1, 0.15) is 37.8 Å². The van der Waals surface area contributed by atoms with Crippen molar-refractivity contribution in [2.45, 2.75) is 45.3 Å². The smallest absolute Gasteiger partial charge is 0.0964 e. The number of hydrogen-bond acceptors (Lipinski definition) is 3. The summed E-state index contributed by atoms with van der Waals surface area (Å²) in [6.07, 6.45) is 0.184. The molecule has 1 aliphatic heterocycles. The number of aliphatic hydroxyl groups is 1. The van der Waals surface area contributed by atoms with Gasteiger partial charge in [0.05, 0.1) is 18.8 Å². The highest BCUT2D eigenvalue weighted by molar-refractivity contribution is 5.25. The van der Waals surface area contributed by atoms with Crippen LogP contribution in [0.3, 0.4) is 0 Å². The molecule has 0 bridgehead atoms. The van der Waals surface area contributed by atoms with E-state index in [1.165, 1.54) is 11.1 Å². The van der Waals surface area contributed by atoms with E-state index in [4.69, 9.17) is 4.74 Å². The average Bonchev–Trinajstić information content (AvgIpc) is 2.47. The standard InChI is InChI=1S/C17H27NO2/c1-4-18-9-10-20-17(12-18)16(19)11-14-5-7-15(8-6-14)13(2)3/h5-8,13,16-17,19H,4,9-12H2,1-3H3. The number of likely N-dealkylation sites (N-methyl/N-ethyl adjacent to an activating group) is 1. The molecule has 2 atom stereocenters. The van der Waals surface area contributed by atoms with Gasteiger partial charge >= 0.3 is 0 Å². The van der Waals surface area contributed by atoms with Crippen molar-refractivity contribution in [3.63, 3.8) is 0 Å². The zero-order valence-electron chi connectivity index (χ0n) is 12.9. The van der Waals surface area contributed by atoms with Crippen LogP contribution in [0, 0.1) is 0 Å². The lowest BCUT2D eigenvalue weighted by Crippen LogP contribution is -2.48. The van der Waals surface area contributed by atoms with Crippen LogP contribution in [0.4, 0.5) is 0 Å². The van der Waals surface area contributed by atoms with Crippen LogP contribution in [-0.4, -0.2) is 48.5 Å². The largest absolute Gasteiger partial charge is 0.390 e. The van der Waals surface area contributed by atoms with Crippen molar-refractivity contribution in [3.8, 4) is 0 Å². The molecule has 0 amide bonds. The minimum Gasteiger partial charge on any atom is -0.390 e. The summed E-state index contributed by atoms with van der Waals surface area (Å²) in [5.41, 5.74) is 2.52. The number of ether oxygens (including phenoxy) is 1. The molecule has 3 heteroatoms. The van der Waals surface area contributed by atoms with Crippen molar-refractivity contribution in [2.75, 3.05) is 26.2 Å². The Bertz CT molecular complexity index is 402. The fraction of sp³-hybridized carbons (Fsp3) is 0.647. The van der Waals surface area contributed by atoms with E-state index >= 15 is 0 Å². The molecule has 1 aliphatic rings. The van der Waals surface area contributed by atoms with E-state index in [-0.39, 0.29) is 6.10 Å². The molecule has 3 nitrogen and oxygen atoms in total. The van der Waals surface area contributed by atoms with Crippen molar-refractivity contribution in [2.24, 2.45) is 0 Å². The molecule has 0 aromatic heterocycles. The number of nitrogens with zero attached hydrogens (tertiary/aromatic N) is 1. The van der Waals surface area contributed by atoms with Crippen LogP contribution in [-0.2, 0) is 11.2 Å². The Balaban J connectivity index is 1.91. The van der Waals surface area contributed by atoms with E-state index in [1.54, 1.807) is 0 Å². The van der Waals surface area contributed by atoms with Gasteiger partial charge in [0, 0.05) is 19.5 Å². The van der Waals surface area contributed by atoms with Crippen LogP contribution in [0.15, 0.2) is 24.3 Å². The minimum absolute atomic E-state index is 0.0616. The zero-order chi connectivity index (χ0) is 14.5. The van der Waals surface area contributed by atoms with Gasteiger partial charge in [-0.25, -0.2) is 0 Å². The summed E-state index contributed by atoms with van der Waals surface area (Å²) in [5.74, 6) is 0.550. The molecule has 0 aliphatic carbocycles. The topological polar surface area (TPSA) is 32.7 Å². The third kappa shape index (κ3) is 4.05. The van der Waals surface area contributed by atoms with Gasteiger partial charge in [0.25, 0.3) is 0 Å². The predicted octanol–water partition coefficient (Wildman–Crippen LogP) is 2.43. The second kappa shape index (κ2) is 7.21. The lowest BCUT2D eigenvalue weighted by molar-refractivity contribution is -0.0867. The van der Waals surface area contributed by atoms with Crippen LogP contribution >= 0.6 is 0 Å². The first kappa shape index (κ1) is 15.5. The van der Waals surface area contributed by atoms with Gasteiger partial charge in [-0.05, 0) is 23.6 Å². The van der Waals surface area contributed by atoms with Gasteiger partial charge in [-0.1, -0.05) is 45.0 Å². The van der Waals surface area contributed by atoms with Gasteiger partial charge in [-0.2, -0.15) is 0 Å². The maximum absolute atomic E-state index is 10.4. The first-order valence-electron chi connectivity index (χ1n) is 7.71. The molecular formula is C17H27NO2. The van der Waals surface area contributed by atoms with Gasteiger partial charge in [0.1, 0.15) is 0 Å². The SMILES string of the molecule is CCN1CCOC(C(O)Cc2ccc(C(C)C)cc2)C1. The van der Waals surface area contributed by atoms with Crippen molar-refractivity contribution in [3.05, 3.63) is 35.4 Å². The first-order chi connectivity index (χ1) is 9.60. The molecule has 20 heavy (non-hydrogen) atoms. The van der Waals surface area contributed by atoms with E-state index in [2.05, 4.69) is 49.9 Å². The van der Waals surface area contributed by atoms with E-state index in [0.717, 1.165) is 26.2 Å². The quantitative estimate of drug-likeness (QED) is 0.897. The van der Waals surface area contributed by atoms with Gasteiger partial charge in [0.15, 0.2) is 0 Å². The van der Waals surface area contributed by atoms with Gasteiger partial charge < -0.3 is 9.84 Å². The first-order valence-corrected chi connectivity index (χ1v) is 7.71. The third-order valence-corrected chi connectivity index (χ3v) is 4.15. The van der Waals surface area contributed by atoms with Crippen LogP contribution in [0.2, 0.25) is 0 Å². The second-order valence-electron chi connectivity index (χ2n) is 5.97. The maximum atomic E-state index is 10.4. The third-order valence-electron chi connectivity index (χ3n) is 4.15. The number of rotatable bonds is 5. The van der Waals surface area contributed by atoms with E-state index in [9.17, 15) is 5.11 Å². The molecule has 1 N–H and O–H groups in total. The fourth-order valence-corrected chi connectivity index (χ4v) is 2.66. The fourth-order valence-electron chi connectivity index (χ4n) is 2.66. The van der Waals surface area contributed by atoms with E-state index in [1.807, 2.05) is 0 Å². The molecule has 1 heterocycles. The van der Waals surface area contributed by atoms with Crippen molar-refractivity contribution < 1.29 is 9.84 Å². The maximum Gasteiger partial charge on any atom is 0.0964 e. The number of morpholine rings is 1. The summed E-state index contributed by atoms with van der Waals surface area (Å²) in [4.78, 5) is 2.33. The van der Waals surface area contributed by atoms with Gasteiger partial charge in [-0.15, -0.1) is 0 Å². The second-order valence-corrected chi connectivity index (χ2v) is 5.97. The Labute approximate surface area is 122 Å². The van der Waals surface area contributed by atoms with Crippen LogP contribution in [0.25, 0.3) is 0 Å². The Morgan fingerprint density at radius 3 is 2.60 bits per heavy atom. The summed E-state index contributed by atoms with van der Waals surface area (Å²) >= 11 is 0. The summed E-state index contributed by atoms with van der Waals surface area (Å²) in [5, 5.41) is 10.4. The number of hydrogen-bond donors (Lipinski definition) is 1. The molecule has 2 rings (SSSR count). The summed E-state index contributed by atoms with van der Waals surface area (Å²) in [6, 6.07) is 8.57. The lowest BCUT2D eigenvalue weighted by atomic mass is 9.98. The Morgan fingerprint density at radius 1 is 1.30 bits per heavy atom. The molecule has 1 fully saturated rings. The molecule has 1 saturated heterocycles. The highest BCUT2D eigenvalue weighted by atomic mass is 16.5. The average molecular weight is 277 g/mol. The summed E-state index contributed by atoms with van der Waals surface area (Å²) in [7, 11) is 0. The van der Waals surface area contributed by atoms with Crippen LogP contribution < -0.4 is 0 Å². The van der Waals surface area contributed by atoms with Gasteiger partial charge in [0.2, 0.25) is 0 Å². The molecular weight excluding hydrogens is 250 g/mol. The molecule has 0 radical (unpaired) electrons.